The van der Waals surface area contributed by atoms with Gasteiger partial charge in [-0.05, 0) is 53.0 Å². The molecular weight excluding hydrogens is 302 g/mol. The summed E-state index contributed by atoms with van der Waals surface area (Å²) in [6.07, 6.45) is 0.893. The van der Waals surface area contributed by atoms with Gasteiger partial charge in [0.1, 0.15) is 5.75 Å². The number of nitrogens with one attached hydrogen (secondary N) is 1. The van der Waals surface area contributed by atoms with Gasteiger partial charge in [0.2, 0.25) is 0 Å². The molecule has 0 heterocycles. The van der Waals surface area contributed by atoms with Gasteiger partial charge in [-0.1, -0.05) is 25.5 Å². The van der Waals surface area contributed by atoms with E-state index in [2.05, 4.69) is 53.8 Å². The molecule has 0 aliphatic carbocycles. The molecule has 0 amide bonds. The lowest BCUT2D eigenvalue weighted by atomic mass is 10.2. The van der Waals surface area contributed by atoms with E-state index in [1.54, 1.807) is 0 Å². The zero-order valence-corrected chi connectivity index (χ0v) is 13.7. The summed E-state index contributed by atoms with van der Waals surface area (Å²) in [5, 5.41) is 3.43. The highest BCUT2D eigenvalue weighted by atomic mass is 79.9. The highest BCUT2D eigenvalue weighted by molar-refractivity contribution is 9.10. The van der Waals surface area contributed by atoms with Gasteiger partial charge in [0.15, 0.2) is 0 Å². The van der Waals surface area contributed by atoms with Crippen molar-refractivity contribution in [2.24, 2.45) is 5.92 Å². The van der Waals surface area contributed by atoms with Crippen molar-refractivity contribution in [3.05, 3.63) is 40.4 Å². The predicted molar refractivity (Wildman–Crippen MR) is 85.6 cm³/mol. The lowest BCUT2D eigenvalue weighted by Crippen LogP contribution is -2.18. The summed E-state index contributed by atoms with van der Waals surface area (Å²) in [6.45, 7) is 12.9. The van der Waals surface area contributed by atoms with Gasteiger partial charge in [-0.25, -0.2) is 0 Å². The lowest BCUT2D eigenvalue weighted by Gasteiger charge is -2.11. The third-order valence-corrected chi connectivity index (χ3v) is 3.28. The van der Waals surface area contributed by atoms with Gasteiger partial charge in [0.25, 0.3) is 0 Å². The Labute approximate surface area is 125 Å². The van der Waals surface area contributed by atoms with Crippen molar-refractivity contribution in [2.75, 3.05) is 13.2 Å². The van der Waals surface area contributed by atoms with Gasteiger partial charge in [0, 0.05) is 13.0 Å². The molecule has 0 aliphatic rings. The maximum Gasteiger partial charge on any atom is 0.133 e. The Morgan fingerprint density at radius 1 is 1.42 bits per heavy atom. The molecule has 1 N–H and O–H groups in total. The van der Waals surface area contributed by atoms with Gasteiger partial charge in [-0.15, -0.1) is 6.58 Å². The minimum atomic E-state index is 0.674. The molecule has 0 aliphatic heterocycles. The van der Waals surface area contributed by atoms with Crippen LogP contribution in [0.3, 0.4) is 0 Å². The maximum absolute atomic E-state index is 5.72. The van der Waals surface area contributed by atoms with Crippen molar-refractivity contribution in [3.8, 4) is 5.75 Å². The Bertz CT molecular complexity index is 415. The summed E-state index contributed by atoms with van der Waals surface area (Å²) in [4.78, 5) is 0. The number of hydrogen-bond donors (Lipinski definition) is 1. The molecule has 3 heteroatoms. The van der Waals surface area contributed by atoms with E-state index in [0.717, 1.165) is 35.3 Å². The van der Waals surface area contributed by atoms with E-state index < -0.39 is 0 Å². The molecule has 106 valence electrons. The second-order valence-electron chi connectivity index (χ2n) is 5.35. The van der Waals surface area contributed by atoms with Crippen molar-refractivity contribution in [1.29, 1.82) is 0 Å². The van der Waals surface area contributed by atoms with Crippen LogP contribution in [0.1, 0.15) is 32.8 Å². The first kappa shape index (κ1) is 16.3. The minimum Gasteiger partial charge on any atom is -0.492 e. The van der Waals surface area contributed by atoms with Crippen LogP contribution >= 0.6 is 15.9 Å². The van der Waals surface area contributed by atoms with Crippen LogP contribution < -0.4 is 10.1 Å². The number of benzene rings is 1. The van der Waals surface area contributed by atoms with Crippen molar-refractivity contribution in [2.45, 2.75) is 33.7 Å². The third-order valence-electron chi connectivity index (χ3n) is 2.66. The zero-order valence-electron chi connectivity index (χ0n) is 12.1. The Hall–Kier alpha value is -0.800. The quantitative estimate of drug-likeness (QED) is 0.708. The SMILES string of the molecule is C=C(C)CCOc1ccc(CNCC(C)C)cc1Br. The van der Waals surface area contributed by atoms with Crippen LogP contribution in [0.15, 0.2) is 34.8 Å². The monoisotopic (exact) mass is 325 g/mol. The lowest BCUT2D eigenvalue weighted by molar-refractivity contribution is 0.319. The number of halogens is 1. The Morgan fingerprint density at radius 3 is 2.74 bits per heavy atom. The van der Waals surface area contributed by atoms with E-state index in [1.807, 2.05) is 13.0 Å². The third kappa shape index (κ3) is 6.79. The first-order chi connectivity index (χ1) is 8.99. The smallest absolute Gasteiger partial charge is 0.133 e. The highest BCUT2D eigenvalue weighted by Gasteiger charge is 2.03. The maximum atomic E-state index is 5.72. The van der Waals surface area contributed by atoms with Crippen LogP contribution in [0.2, 0.25) is 0 Å². The second kappa shape index (κ2) is 8.39. The molecule has 0 saturated heterocycles. The van der Waals surface area contributed by atoms with E-state index in [-0.39, 0.29) is 0 Å². The summed E-state index contributed by atoms with van der Waals surface area (Å²) in [6, 6.07) is 6.24. The molecule has 1 aromatic rings. The standard InChI is InChI=1S/C16H24BrNO/c1-12(2)7-8-19-16-6-5-14(9-15(16)17)11-18-10-13(3)4/h5-6,9,13,18H,1,7-8,10-11H2,2-4H3. The molecule has 0 radical (unpaired) electrons. The topological polar surface area (TPSA) is 21.3 Å². The minimum absolute atomic E-state index is 0.674. The van der Waals surface area contributed by atoms with Gasteiger partial charge in [-0.2, -0.15) is 0 Å². The summed E-state index contributed by atoms with van der Waals surface area (Å²) in [7, 11) is 0. The summed E-state index contributed by atoms with van der Waals surface area (Å²) < 4.78 is 6.73. The average Bonchev–Trinajstić information content (AvgIpc) is 2.31. The summed E-state index contributed by atoms with van der Waals surface area (Å²) in [5.74, 6) is 1.57. The Balaban J connectivity index is 2.47. The fourth-order valence-corrected chi connectivity index (χ4v) is 2.15. The van der Waals surface area contributed by atoms with E-state index in [1.165, 1.54) is 5.56 Å². The fourth-order valence-electron chi connectivity index (χ4n) is 1.61. The average molecular weight is 326 g/mol. The molecule has 1 rings (SSSR count). The molecule has 0 atom stereocenters. The molecule has 1 aromatic carbocycles. The van der Waals surface area contributed by atoms with Crippen LogP contribution in [-0.4, -0.2) is 13.2 Å². The number of ether oxygens (including phenoxy) is 1. The molecule has 0 unspecified atom stereocenters. The normalized spacial score (nSPS) is 10.8. The second-order valence-corrected chi connectivity index (χ2v) is 6.20. The van der Waals surface area contributed by atoms with Crippen LogP contribution in [0, 0.1) is 5.92 Å². The van der Waals surface area contributed by atoms with Gasteiger partial charge in [-0.3, -0.25) is 0 Å². The van der Waals surface area contributed by atoms with Crippen molar-refractivity contribution >= 4 is 15.9 Å². The summed E-state index contributed by atoms with van der Waals surface area (Å²) in [5.41, 5.74) is 2.41. The van der Waals surface area contributed by atoms with Crippen molar-refractivity contribution in [1.82, 2.24) is 5.32 Å². The molecule has 19 heavy (non-hydrogen) atoms. The van der Waals surface area contributed by atoms with Crippen LogP contribution in [0.25, 0.3) is 0 Å². The molecule has 0 fully saturated rings. The van der Waals surface area contributed by atoms with E-state index >= 15 is 0 Å². The molecule has 2 nitrogen and oxygen atoms in total. The number of hydrogen-bond acceptors (Lipinski definition) is 2. The van der Waals surface area contributed by atoms with Crippen molar-refractivity contribution < 1.29 is 4.74 Å². The van der Waals surface area contributed by atoms with Crippen molar-refractivity contribution in [3.63, 3.8) is 0 Å². The molecular formula is C16H24BrNO. The van der Waals surface area contributed by atoms with Gasteiger partial charge in [0.05, 0.1) is 11.1 Å². The zero-order chi connectivity index (χ0) is 14.3. The largest absolute Gasteiger partial charge is 0.492 e. The van der Waals surface area contributed by atoms with E-state index in [4.69, 9.17) is 4.74 Å². The highest BCUT2D eigenvalue weighted by Crippen LogP contribution is 2.26. The van der Waals surface area contributed by atoms with Crippen LogP contribution in [0.4, 0.5) is 0 Å². The van der Waals surface area contributed by atoms with E-state index in [0.29, 0.717) is 12.5 Å². The van der Waals surface area contributed by atoms with Gasteiger partial charge >= 0.3 is 0 Å². The summed E-state index contributed by atoms with van der Waals surface area (Å²) >= 11 is 3.56. The fraction of sp³-hybridized carbons (Fsp3) is 0.500. The first-order valence-electron chi connectivity index (χ1n) is 6.75. The Kier molecular flexibility index (Phi) is 7.17. The van der Waals surface area contributed by atoms with Gasteiger partial charge < -0.3 is 10.1 Å². The van der Waals surface area contributed by atoms with Crippen LogP contribution in [0.5, 0.6) is 5.75 Å². The molecule has 0 spiro atoms. The molecule has 0 saturated carbocycles. The molecule has 0 bridgehead atoms. The Morgan fingerprint density at radius 2 is 2.16 bits per heavy atom. The first-order valence-corrected chi connectivity index (χ1v) is 7.54. The van der Waals surface area contributed by atoms with Crippen LogP contribution in [-0.2, 0) is 6.54 Å². The van der Waals surface area contributed by atoms with E-state index in [9.17, 15) is 0 Å². The predicted octanol–water partition coefficient (Wildman–Crippen LogP) is 4.54. The number of rotatable bonds is 8. The molecule has 0 aromatic heterocycles.